The maximum atomic E-state index is 13.7. The molecule has 0 saturated heterocycles. The van der Waals surface area contributed by atoms with Crippen LogP contribution in [0.15, 0.2) is 40.2 Å². The number of amides is 6. The quantitative estimate of drug-likeness (QED) is 0.0128. The topological polar surface area (TPSA) is 535 Å². The molecule has 3 aromatic rings. The molecule has 0 aliphatic heterocycles. The molecule has 6 amide bonds. The summed E-state index contributed by atoms with van der Waals surface area (Å²) in [4.78, 5) is 169. The van der Waals surface area contributed by atoms with Crippen molar-refractivity contribution in [3.05, 3.63) is 52.1 Å². The number of fused-ring (bicyclic) bond motifs is 1. The van der Waals surface area contributed by atoms with Crippen LogP contribution in [0.3, 0.4) is 0 Å². The fourth-order valence-electron chi connectivity index (χ4n) is 6.23. The second-order valence-corrected chi connectivity index (χ2v) is 15.8. The minimum absolute atomic E-state index is 0.00249. The van der Waals surface area contributed by atoms with E-state index in [0.717, 1.165) is 0 Å². The number of aromatic nitrogens is 4. The van der Waals surface area contributed by atoms with E-state index in [4.69, 9.17) is 17.2 Å². The van der Waals surface area contributed by atoms with Crippen LogP contribution in [0.1, 0.15) is 61.0 Å². The molecule has 1 aromatic carbocycles. The maximum Gasteiger partial charge on any atom is 0.327 e. The molecule has 3 rings (SSSR count). The fourth-order valence-corrected chi connectivity index (χ4v) is 6.48. The van der Waals surface area contributed by atoms with Gasteiger partial charge in [-0.15, -0.1) is 0 Å². The Morgan fingerprint density at radius 2 is 1.16 bits per heavy atom. The Morgan fingerprint density at radius 3 is 1.67 bits per heavy atom. The number of aliphatic carboxylic acids is 5. The van der Waals surface area contributed by atoms with Gasteiger partial charge in [0.15, 0.2) is 17.1 Å². The van der Waals surface area contributed by atoms with E-state index in [-0.39, 0.29) is 48.1 Å². The van der Waals surface area contributed by atoms with Gasteiger partial charge in [0, 0.05) is 30.0 Å². The van der Waals surface area contributed by atoms with Gasteiger partial charge in [0.05, 0.1) is 37.7 Å². The van der Waals surface area contributed by atoms with Gasteiger partial charge >= 0.3 is 29.8 Å². The number of carbonyl (C=O) groups is 11. The van der Waals surface area contributed by atoms with E-state index in [2.05, 4.69) is 64.1 Å². The normalized spacial score (nSPS) is 13.2. The summed E-state index contributed by atoms with van der Waals surface area (Å²) in [5, 5.41) is 63.1. The highest BCUT2D eigenvalue weighted by atomic mass is 32.1. The monoisotopic (exact) mass is 1050 g/mol. The summed E-state index contributed by atoms with van der Waals surface area (Å²) in [7, 11) is 0. The molecule has 73 heavy (non-hydrogen) atoms. The molecule has 6 atom stereocenters. The Hall–Kier alpha value is -9.17. The number of carboxylic acids is 5. The number of hydrogen-bond donors (Lipinski definition) is 17. The number of carbonyl (C=O) groups excluding carboxylic acids is 6. The molecule has 0 aliphatic rings. The number of carboxylic acid groups (broad SMARTS) is 5. The Balaban J connectivity index is 1.71. The van der Waals surface area contributed by atoms with Gasteiger partial charge in [0.1, 0.15) is 36.3 Å². The maximum absolute atomic E-state index is 13.7. The van der Waals surface area contributed by atoms with Crippen LogP contribution in [-0.4, -0.2) is 165 Å². The van der Waals surface area contributed by atoms with Gasteiger partial charge in [0.2, 0.25) is 35.5 Å². The van der Waals surface area contributed by atoms with Gasteiger partial charge in [-0.05, 0) is 43.5 Å². The van der Waals surface area contributed by atoms with Crippen molar-refractivity contribution in [3.63, 3.8) is 0 Å². The van der Waals surface area contributed by atoms with Crippen LogP contribution in [0.2, 0.25) is 0 Å². The number of nitrogen functional groups attached to an aromatic ring is 1. The minimum atomic E-state index is -2.10. The lowest BCUT2D eigenvalue weighted by Crippen LogP contribution is -2.59. The molecule has 0 fully saturated rings. The molecule has 0 bridgehead atoms. The standard InChI is InChI=1S/C40H51N15O17S/c41-39(42)44-9-1-2-19(32(64)51-22(11-27(59)60)34(66)52-23(12-28(61)62)35(67)53-24(15-73)38(71)72)49-33(65)21(10-26(57)58)48-25(56)8-7-20(37(69)70)50-31(63)16-3-5-17(6-4-16)45-13-18-14-46-30-29(47-18)36(68)55-40(43)54-30/h3-6,14,19-24,45,73H,1-2,7-13,15H2,(H,48,56)(H,49,65)(H,50,63)(H,51,64)(H,52,66)(H,53,67)(H,57,58)(H,59,60)(H,61,62)(H,69,70)(H,71,72)(H4,41,42,44)(H3,43,46,54,55,68)/t19-,20+,21-,22-,23-,24-/m1/s1. The van der Waals surface area contributed by atoms with Crippen molar-refractivity contribution in [1.82, 2.24) is 51.8 Å². The van der Waals surface area contributed by atoms with Gasteiger partial charge in [-0.3, -0.25) is 57.9 Å². The zero-order valence-electron chi connectivity index (χ0n) is 38.0. The van der Waals surface area contributed by atoms with Crippen molar-refractivity contribution in [2.75, 3.05) is 23.3 Å². The molecule has 32 nitrogen and oxygen atoms in total. The number of nitrogens with zero attached hydrogens (tertiary/aromatic N) is 4. The largest absolute Gasteiger partial charge is 0.481 e. The Morgan fingerprint density at radius 1 is 0.658 bits per heavy atom. The number of nitrogens with two attached hydrogens (primary N) is 3. The third-order valence-electron chi connectivity index (χ3n) is 9.80. The third kappa shape index (κ3) is 19.6. The summed E-state index contributed by atoms with van der Waals surface area (Å²) in [5.41, 5.74) is 16.4. The number of rotatable bonds is 30. The molecule has 2 aromatic heterocycles. The average Bonchev–Trinajstić information content (AvgIpc) is 3.30. The number of guanidine groups is 1. The van der Waals surface area contributed by atoms with E-state index in [1.807, 2.05) is 10.6 Å². The number of benzene rings is 1. The highest BCUT2D eigenvalue weighted by Gasteiger charge is 2.35. The zero-order chi connectivity index (χ0) is 54.5. The Kier molecular flexibility index (Phi) is 22.2. The smallest absolute Gasteiger partial charge is 0.327 e. The van der Waals surface area contributed by atoms with Crippen LogP contribution in [0.25, 0.3) is 11.2 Å². The highest BCUT2D eigenvalue weighted by Crippen LogP contribution is 2.13. The first-order chi connectivity index (χ1) is 34.4. The second-order valence-electron chi connectivity index (χ2n) is 15.4. The van der Waals surface area contributed by atoms with Crippen molar-refractivity contribution in [2.45, 2.75) is 87.7 Å². The van der Waals surface area contributed by atoms with Crippen molar-refractivity contribution in [3.8, 4) is 0 Å². The van der Waals surface area contributed by atoms with Crippen LogP contribution in [-0.2, 0) is 54.5 Å². The van der Waals surface area contributed by atoms with Crippen molar-refractivity contribution < 1.29 is 78.3 Å². The van der Waals surface area contributed by atoms with Crippen LogP contribution in [0, 0.1) is 0 Å². The Labute approximate surface area is 415 Å². The number of H-pyrrole nitrogens is 1. The van der Waals surface area contributed by atoms with Gasteiger partial charge in [0.25, 0.3) is 11.5 Å². The van der Waals surface area contributed by atoms with Crippen LogP contribution < -0.4 is 60.0 Å². The highest BCUT2D eigenvalue weighted by molar-refractivity contribution is 7.80. The summed E-state index contributed by atoms with van der Waals surface area (Å²) in [6.45, 7) is -0.0811. The molecule has 0 spiro atoms. The van der Waals surface area contributed by atoms with Crippen LogP contribution >= 0.6 is 12.6 Å². The summed E-state index contributed by atoms with van der Waals surface area (Å²) in [6, 6.07) is -5.53. The molecule has 2 heterocycles. The van der Waals surface area contributed by atoms with E-state index in [0.29, 0.717) is 11.4 Å². The van der Waals surface area contributed by atoms with Crippen molar-refractivity contribution >= 4 is 107 Å². The Bertz CT molecular complexity index is 2670. The summed E-state index contributed by atoms with van der Waals surface area (Å²) in [6.07, 6.45) is -3.88. The lowest BCUT2D eigenvalue weighted by molar-refractivity contribution is -0.144. The molecule has 394 valence electrons. The zero-order valence-corrected chi connectivity index (χ0v) is 38.9. The van der Waals surface area contributed by atoms with Gasteiger partial charge in [-0.2, -0.15) is 17.6 Å². The first-order valence-electron chi connectivity index (χ1n) is 21.3. The molecular weight excluding hydrogens is 995 g/mol. The SMILES string of the molecule is NC(N)=NCCC[C@@H](NC(=O)[C@@H](CC(=O)O)NC(=O)CC[C@H](NC(=O)c1ccc(NCc2cnc3nc(N)[nH]c(=O)c3n2)cc1)C(=O)O)C(=O)N[C@H](CC(=O)O)C(=O)N[C@H](CC(=O)O)C(=O)N[C@H](CS)C(=O)O. The minimum Gasteiger partial charge on any atom is -0.481 e. The number of anilines is 2. The van der Waals surface area contributed by atoms with Crippen LogP contribution in [0.5, 0.6) is 0 Å². The van der Waals surface area contributed by atoms with E-state index in [1.165, 1.54) is 30.5 Å². The van der Waals surface area contributed by atoms with E-state index >= 15 is 0 Å². The number of nitrogens with one attached hydrogen (secondary N) is 8. The van der Waals surface area contributed by atoms with Gasteiger partial charge in [-0.1, -0.05) is 0 Å². The van der Waals surface area contributed by atoms with Crippen molar-refractivity contribution in [1.29, 1.82) is 0 Å². The fraction of sp³-hybridized carbons (Fsp3) is 0.400. The third-order valence-corrected chi connectivity index (χ3v) is 10.2. The van der Waals surface area contributed by atoms with E-state index in [1.54, 1.807) is 0 Å². The molecule has 19 N–H and O–H groups in total. The first kappa shape index (κ1) is 58.1. The molecule has 0 radical (unpaired) electrons. The van der Waals surface area contributed by atoms with Gasteiger partial charge < -0.3 is 80.0 Å². The number of aliphatic imine (C=N–C) groups is 1. The summed E-state index contributed by atoms with van der Waals surface area (Å²) in [5.74, 6) is -16.5. The number of aromatic amines is 1. The van der Waals surface area contributed by atoms with Crippen LogP contribution in [0.4, 0.5) is 11.6 Å². The molecule has 33 heteroatoms. The van der Waals surface area contributed by atoms with Gasteiger partial charge in [-0.25, -0.2) is 19.6 Å². The average molecular weight is 1050 g/mol. The summed E-state index contributed by atoms with van der Waals surface area (Å²) >= 11 is 3.78. The molecule has 0 saturated carbocycles. The lowest BCUT2D eigenvalue weighted by atomic mass is 10.1. The predicted octanol–water partition coefficient (Wildman–Crippen LogP) is -5.21. The molecular formula is C40H51N15O17S. The predicted molar refractivity (Wildman–Crippen MR) is 252 cm³/mol. The van der Waals surface area contributed by atoms with E-state index in [9.17, 15) is 83.1 Å². The molecule has 0 aliphatic carbocycles. The molecule has 0 unspecified atom stereocenters. The second kappa shape index (κ2) is 27.9. The number of hydrogen-bond acceptors (Lipinski definition) is 19. The summed E-state index contributed by atoms with van der Waals surface area (Å²) < 4.78 is 0. The lowest BCUT2D eigenvalue weighted by Gasteiger charge is -2.26. The van der Waals surface area contributed by atoms with E-state index < -0.39 is 151 Å². The first-order valence-corrected chi connectivity index (χ1v) is 21.9. The number of thiol groups is 1. The van der Waals surface area contributed by atoms with Crippen molar-refractivity contribution in [2.24, 2.45) is 16.5 Å².